The van der Waals surface area contributed by atoms with Gasteiger partial charge in [0.25, 0.3) is 0 Å². The summed E-state index contributed by atoms with van der Waals surface area (Å²) >= 11 is 0. The number of nitrogens with one attached hydrogen (secondary N) is 1. The first-order valence-corrected chi connectivity index (χ1v) is 4.77. The lowest BCUT2D eigenvalue weighted by atomic mass is 9.91. The van der Waals surface area contributed by atoms with Crippen LogP contribution in [0.25, 0.3) is 0 Å². The van der Waals surface area contributed by atoms with E-state index in [2.05, 4.69) is 19.2 Å². The summed E-state index contributed by atoms with van der Waals surface area (Å²) in [5.74, 6) is 0. The highest BCUT2D eigenvalue weighted by Gasteiger charge is 2.10. The Morgan fingerprint density at radius 1 is 1.45 bits per heavy atom. The van der Waals surface area contributed by atoms with E-state index in [1.54, 1.807) is 5.57 Å². The molecule has 11 heavy (non-hydrogen) atoms. The lowest BCUT2D eigenvalue weighted by molar-refractivity contribution is 0.618. The first kappa shape index (κ1) is 8.63. The molecule has 1 heteroatoms. The largest absolute Gasteiger partial charge is 0.389 e. The molecule has 0 saturated heterocycles. The first-order valence-electron chi connectivity index (χ1n) is 4.77. The molecule has 0 aliphatic heterocycles. The van der Waals surface area contributed by atoms with Crippen LogP contribution >= 0.6 is 0 Å². The summed E-state index contributed by atoms with van der Waals surface area (Å²) in [7, 11) is 0. The van der Waals surface area contributed by atoms with Crippen molar-refractivity contribution >= 4 is 0 Å². The lowest BCUT2D eigenvalue weighted by Crippen LogP contribution is -2.16. The van der Waals surface area contributed by atoms with Gasteiger partial charge in [0.2, 0.25) is 0 Å². The van der Waals surface area contributed by atoms with E-state index in [1.165, 1.54) is 37.8 Å². The van der Waals surface area contributed by atoms with E-state index in [1.807, 2.05) is 0 Å². The van der Waals surface area contributed by atoms with Gasteiger partial charge in [-0.05, 0) is 32.6 Å². The van der Waals surface area contributed by atoms with Crippen LogP contribution < -0.4 is 5.32 Å². The molecule has 0 bridgehead atoms. The summed E-state index contributed by atoms with van der Waals surface area (Å²) < 4.78 is 0. The Kier molecular flexibility index (Phi) is 3.47. The van der Waals surface area contributed by atoms with E-state index in [9.17, 15) is 0 Å². The zero-order valence-corrected chi connectivity index (χ0v) is 7.74. The van der Waals surface area contributed by atoms with Crippen LogP contribution in [0.15, 0.2) is 11.3 Å². The number of rotatable bonds is 4. The Hall–Kier alpha value is -0.460. The third-order valence-corrected chi connectivity index (χ3v) is 2.41. The quantitative estimate of drug-likeness (QED) is 0.612. The van der Waals surface area contributed by atoms with Gasteiger partial charge in [0, 0.05) is 12.2 Å². The number of allylic oxidation sites excluding steroid dienone is 2. The maximum Gasteiger partial charge on any atom is 0.0143 e. The average molecular weight is 153 g/mol. The van der Waals surface area contributed by atoms with E-state index < -0.39 is 0 Å². The van der Waals surface area contributed by atoms with Crippen molar-refractivity contribution in [1.29, 1.82) is 0 Å². The van der Waals surface area contributed by atoms with Gasteiger partial charge in [-0.2, -0.15) is 0 Å². The summed E-state index contributed by atoms with van der Waals surface area (Å²) in [6.07, 6.45) is 6.66. The molecule has 1 N–H and O–H groups in total. The Morgan fingerprint density at radius 3 is 2.64 bits per heavy atom. The standard InChI is InChI=1S/C10H19N/c1-3-4-8-11-9(2)10-6-5-7-10/h11H,3-8H2,1-2H3. The van der Waals surface area contributed by atoms with Crippen LogP contribution in [0.5, 0.6) is 0 Å². The molecule has 1 saturated carbocycles. The molecule has 1 rings (SSSR count). The van der Waals surface area contributed by atoms with Crippen molar-refractivity contribution in [2.45, 2.75) is 46.0 Å². The van der Waals surface area contributed by atoms with Gasteiger partial charge < -0.3 is 5.32 Å². The predicted molar refractivity (Wildman–Crippen MR) is 49.5 cm³/mol. The molecule has 1 fully saturated rings. The van der Waals surface area contributed by atoms with Crippen molar-refractivity contribution in [3.8, 4) is 0 Å². The van der Waals surface area contributed by atoms with Gasteiger partial charge in [-0.1, -0.05) is 18.9 Å². The van der Waals surface area contributed by atoms with Gasteiger partial charge in [-0.3, -0.25) is 0 Å². The molecule has 0 radical (unpaired) electrons. The Balaban J connectivity index is 2.14. The molecule has 64 valence electrons. The second-order valence-electron chi connectivity index (χ2n) is 3.36. The summed E-state index contributed by atoms with van der Waals surface area (Å²) in [6.45, 7) is 5.60. The van der Waals surface area contributed by atoms with Crippen molar-refractivity contribution in [2.24, 2.45) is 0 Å². The summed E-state index contributed by atoms with van der Waals surface area (Å²) in [6, 6.07) is 0. The van der Waals surface area contributed by atoms with Crippen LogP contribution in [-0.2, 0) is 0 Å². The highest BCUT2D eigenvalue weighted by molar-refractivity contribution is 5.16. The molecule has 0 spiro atoms. The molecule has 0 aromatic rings. The monoisotopic (exact) mass is 153 g/mol. The highest BCUT2D eigenvalue weighted by Crippen LogP contribution is 2.27. The van der Waals surface area contributed by atoms with Crippen LogP contribution in [-0.4, -0.2) is 6.54 Å². The van der Waals surface area contributed by atoms with Crippen LogP contribution in [0, 0.1) is 0 Å². The molecular weight excluding hydrogens is 134 g/mol. The van der Waals surface area contributed by atoms with E-state index in [4.69, 9.17) is 0 Å². The minimum atomic E-state index is 1.16. The third-order valence-electron chi connectivity index (χ3n) is 2.41. The summed E-state index contributed by atoms with van der Waals surface area (Å²) in [4.78, 5) is 0. The normalized spacial score (nSPS) is 16.0. The maximum atomic E-state index is 3.47. The Morgan fingerprint density at radius 2 is 2.18 bits per heavy atom. The van der Waals surface area contributed by atoms with Crippen molar-refractivity contribution in [3.05, 3.63) is 11.3 Å². The van der Waals surface area contributed by atoms with Crippen molar-refractivity contribution in [2.75, 3.05) is 6.54 Å². The van der Waals surface area contributed by atoms with E-state index in [0.717, 1.165) is 6.54 Å². The maximum absolute atomic E-state index is 3.47. The van der Waals surface area contributed by atoms with Gasteiger partial charge in [-0.15, -0.1) is 0 Å². The van der Waals surface area contributed by atoms with Crippen molar-refractivity contribution < 1.29 is 0 Å². The second kappa shape index (κ2) is 4.42. The number of unbranched alkanes of at least 4 members (excludes halogenated alkanes) is 1. The SMILES string of the molecule is CCCCNC(C)=C1CCC1. The fourth-order valence-electron chi connectivity index (χ4n) is 1.31. The predicted octanol–water partition coefficient (Wildman–Crippen LogP) is 2.83. The van der Waals surface area contributed by atoms with E-state index >= 15 is 0 Å². The van der Waals surface area contributed by atoms with Crippen LogP contribution in [0.4, 0.5) is 0 Å². The smallest absolute Gasteiger partial charge is 0.0143 e. The van der Waals surface area contributed by atoms with Gasteiger partial charge >= 0.3 is 0 Å². The zero-order valence-electron chi connectivity index (χ0n) is 7.74. The second-order valence-corrected chi connectivity index (χ2v) is 3.36. The topological polar surface area (TPSA) is 12.0 Å². The Bertz CT molecular complexity index is 141. The molecule has 0 unspecified atom stereocenters. The molecule has 1 aliphatic rings. The molecule has 0 amide bonds. The van der Waals surface area contributed by atoms with Gasteiger partial charge in [-0.25, -0.2) is 0 Å². The fourth-order valence-corrected chi connectivity index (χ4v) is 1.31. The van der Waals surface area contributed by atoms with Crippen molar-refractivity contribution in [1.82, 2.24) is 5.32 Å². The molecule has 1 nitrogen and oxygen atoms in total. The minimum Gasteiger partial charge on any atom is -0.389 e. The first-order chi connectivity index (χ1) is 5.34. The summed E-state index contributed by atoms with van der Waals surface area (Å²) in [5.41, 5.74) is 3.10. The Labute approximate surface area is 69.9 Å². The van der Waals surface area contributed by atoms with Gasteiger partial charge in [0.05, 0.1) is 0 Å². The van der Waals surface area contributed by atoms with Gasteiger partial charge in [0.15, 0.2) is 0 Å². The minimum absolute atomic E-state index is 1.16. The summed E-state index contributed by atoms with van der Waals surface area (Å²) in [5, 5.41) is 3.47. The molecule has 1 aliphatic carbocycles. The fraction of sp³-hybridized carbons (Fsp3) is 0.800. The number of hydrogen-bond donors (Lipinski definition) is 1. The molecule has 0 aromatic heterocycles. The average Bonchev–Trinajstić information content (AvgIpc) is 1.84. The molecular formula is C10H19N. The highest BCUT2D eigenvalue weighted by atomic mass is 14.9. The molecule has 0 atom stereocenters. The van der Waals surface area contributed by atoms with Crippen LogP contribution in [0.1, 0.15) is 46.0 Å². The third kappa shape index (κ3) is 2.57. The van der Waals surface area contributed by atoms with Crippen molar-refractivity contribution in [3.63, 3.8) is 0 Å². The molecule has 0 heterocycles. The van der Waals surface area contributed by atoms with Crippen LogP contribution in [0.2, 0.25) is 0 Å². The van der Waals surface area contributed by atoms with E-state index in [-0.39, 0.29) is 0 Å². The van der Waals surface area contributed by atoms with Crippen LogP contribution in [0.3, 0.4) is 0 Å². The van der Waals surface area contributed by atoms with Gasteiger partial charge in [0.1, 0.15) is 0 Å². The lowest BCUT2D eigenvalue weighted by Gasteiger charge is -2.20. The number of hydrogen-bond acceptors (Lipinski definition) is 1. The zero-order chi connectivity index (χ0) is 8.10. The van der Waals surface area contributed by atoms with E-state index in [0.29, 0.717) is 0 Å². The molecule has 0 aromatic carbocycles.